The van der Waals surface area contributed by atoms with E-state index >= 15 is 0 Å². The second-order valence-corrected chi connectivity index (χ2v) is 6.04. The summed E-state index contributed by atoms with van der Waals surface area (Å²) < 4.78 is 5.54. The van der Waals surface area contributed by atoms with Gasteiger partial charge in [0, 0.05) is 31.8 Å². The van der Waals surface area contributed by atoms with Gasteiger partial charge in [-0.05, 0) is 43.5 Å². The van der Waals surface area contributed by atoms with Crippen molar-refractivity contribution in [3.63, 3.8) is 0 Å². The molecule has 3 rings (SSSR count). The van der Waals surface area contributed by atoms with E-state index in [0.717, 1.165) is 57.4 Å². The van der Waals surface area contributed by atoms with Crippen LogP contribution in [0.1, 0.15) is 36.8 Å². The van der Waals surface area contributed by atoms with Crippen molar-refractivity contribution in [2.75, 3.05) is 20.2 Å². The van der Waals surface area contributed by atoms with Gasteiger partial charge in [-0.15, -0.1) is 0 Å². The number of hydrogen-bond acceptors (Lipinski definition) is 3. The van der Waals surface area contributed by atoms with Crippen LogP contribution in [-0.2, 0) is 17.6 Å². The lowest BCUT2D eigenvalue weighted by Crippen LogP contribution is -2.36. The minimum Gasteiger partial charge on any atom is -0.493 e. The molecule has 1 heterocycles. The van der Waals surface area contributed by atoms with Crippen LogP contribution in [0.3, 0.4) is 0 Å². The van der Waals surface area contributed by atoms with Gasteiger partial charge < -0.3 is 9.64 Å². The zero-order chi connectivity index (χ0) is 13.9. The highest BCUT2D eigenvalue weighted by molar-refractivity contribution is 5.79. The first-order valence-corrected chi connectivity index (χ1v) is 7.69. The van der Waals surface area contributed by atoms with Crippen molar-refractivity contribution in [2.24, 2.45) is 0 Å². The van der Waals surface area contributed by atoms with Crippen LogP contribution in [0.5, 0.6) is 5.75 Å². The number of likely N-dealkylation sites (N-methyl/N-ethyl adjacent to an activating group) is 1. The number of nitrogens with zero attached hydrogens (tertiary/aromatic N) is 1. The standard InChI is InChI=1S/C17H23NO2/c1-18(15-3-5-16(19)6-4-15)10-8-13-2-7-17-14(12-13)9-11-20-17/h2,7,12,15H,3-6,8-11H2,1H3. The smallest absolute Gasteiger partial charge is 0.133 e. The Kier molecular flexibility index (Phi) is 4.06. The van der Waals surface area contributed by atoms with Gasteiger partial charge in [-0.1, -0.05) is 12.1 Å². The zero-order valence-electron chi connectivity index (χ0n) is 12.2. The minimum absolute atomic E-state index is 0.438. The van der Waals surface area contributed by atoms with Gasteiger partial charge in [0.15, 0.2) is 0 Å². The van der Waals surface area contributed by atoms with Crippen molar-refractivity contribution >= 4 is 5.78 Å². The monoisotopic (exact) mass is 273 g/mol. The predicted molar refractivity (Wildman–Crippen MR) is 79.2 cm³/mol. The Hall–Kier alpha value is -1.35. The van der Waals surface area contributed by atoms with Crippen LogP contribution >= 0.6 is 0 Å². The molecule has 0 atom stereocenters. The molecule has 2 aliphatic rings. The predicted octanol–water partition coefficient (Wildman–Crippen LogP) is 2.61. The summed E-state index contributed by atoms with van der Waals surface area (Å²) in [6.45, 7) is 1.90. The average Bonchev–Trinajstić information content (AvgIpc) is 2.93. The van der Waals surface area contributed by atoms with Crippen LogP contribution in [-0.4, -0.2) is 36.9 Å². The van der Waals surface area contributed by atoms with Crippen LogP contribution in [0.15, 0.2) is 18.2 Å². The zero-order valence-corrected chi connectivity index (χ0v) is 12.2. The van der Waals surface area contributed by atoms with E-state index in [-0.39, 0.29) is 0 Å². The highest BCUT2D eigenvalue weighted by Crippen LogP contribution is 2.26. The lowest BCUT2D eigenvalue weighted by Gasteiger charge is -2.30. The molecule has 0 amide bonds. The second-order valence-electron chi connectivity index (χ2n) is 6.04. The molecule has 108 valence electrons. The third kappa shape index (κ3) is 3.04. The summed E-state index contributed by atoms with van der Waals surface area (Å²) in [5, 5.41) is 0. The van der Waals surface area contributed by atoms with Gasteiger partial charge in [-0.3, -0.25) is 4.79 Å². The molecule has 0 bridgehead atoms. The van der Waals surface area contributed by atoms with Crippen molar-refractivity contribution in [1.82, 2.24) is 4.90 Å². The Balaban J connectivity index is 1.52. The van der Waals surface area contributed by atoms with Crippen LogP contribution in [0, 0.1) is 0 Å². The Bertz CT molecular complexity index is 488. The van der Waals surface area contributed by atoms with Crippen molar-refractivity contribution in [1.29, 1.82) is 0 Å². The quantitative estimate of drug-likeness (QED) is 0.844. The van der Waals surface area contributed by atoms with E-state index in [1.54, 1.807) is 0 Å². The van der Waals surface area contributed by atoms with Crippen molar-refractivity contribution in [3.8, 4) is 5.75 Å². The molecule has 1 aliphatic carbocycles. The van der Waals surface area contributed by atoms with Crippen LogP contribution in [0.2, 0.25) is 0 Å². The summed E-state index contributed by atoms with van der Waals surface area (Å²) in [5.74, 6) is 1.50. The van der Waals surface area contributed by atoms with Gasteiger partial charge in [-0.2, -0.15) is 0 Å². The maximum absolute atomic E-state index is 11.3. The van der Waals surface area contributed by atoms with Crippen molar-refractivity contribution < 1.29 is 9.53 Å². The fourth-order valence-corrected chi connectivity index (χ4v) is 3.25. The van der Waals surface area contributed by atoms with E-state index < -0.39 is 0 Å². The number of rotatable bonds is 4. The van der Waals surface area contributed by atoms with Gasteiger partial charge in [0.05, 0.1) is 6.61 Å². The summed E-state index contributed by atoms with van der Waals surface area (Å²) >= 11 is 0. The molecule has 0 aromatic heterocycles. The molecule has 1 aliphatic heterocycles. The first-order chi connectivity index (χ1) is 9.72. The van der Waals surface area contributed by atoms with E-state index in [1.807, 2.05) is 0 Å². The maximum Gasteiger partial charge on any atom is 0.133 e. The molecule has 1 aromatic carbocycles. The molecule has 0 radical (unpaired) electrons. The van der Waals surface area contributed by atoms with E-state index in [4.69, 9.17) is 4.74 Å². The average molecular weight is 273 g/mol. The third-order valence-corrected chi connectivity index (χ3v) is 4.64. The third-order valence-electron chi connectivity index (χ3n) is 4.64. The fraction of sp³-hybridized carbons (Fsp3) is 0.588. The minimum atomic E-state index is 0.438. The molecule has 20 heavy (non-hydrogen) atoms. The number of carbonyl (C=O) groups excluding carboxylic acids is 1. The highest BCUT2D eigenvalue weighted by atomic mass is 16.5. The Morgan fingerprint density at radius 2 is 2.05 bits per heavy atom. The number of Topliss-reactive ketones (excluding diaryl/α,β-unsaturated/α-hetero) is 1. The summed E-state index contributed by atoms with van der Waals surface area (Å²) in [5.41, 5.74) is 2.75. The fourth-order valence-electron chi connectivity index (χ4n) is 3.25. The number of carbonyl (C=O) groups is 1. The van der Waals surface area contributed by atoms with Gasteiger partial charge in [0.2, 0.25) is 0 Å². The lowest BCUT2D eigenvalue weighted by atomic mass is 9.93. The Morgan fingerprint density at radius 3 is 2.85 bits per heavy atom. The maximum atomic E-state index is 11.3. The van der Waals surface area contributed by atoms with Gasteiger partial charge in [0.1, 0.15) is 11.5 Å². The van der Waals surface area contributed by atoms with E-state index in [1.165, 1.54) is 11.1 Å². The van der Waals surface area contributed by atoms with E-state index in [2.05, 4.69) is 30.1 Å². The summed E-state index contributed by atoms with van der Waals surface area (Å²) in [4.78, 5) is 13.7. The Labute approximate surface area is 120 Å². The normalized spacial score (nSPS) is 19.2. The molecule has 3 nitrogen and oxygen atoms in total. The van der Waals surface area contributed by atoms with Crippen LogP contribution in [0.4, 0.5) is 0 Å². The second kappa shape index (κ2) is 5.96. The highest BCUT2D eigenvalue weighted by Gasteiger charge is 2.22. The van der Waals surface area contributed by atoms with E-state index in [0.29, 0.717) is 11.8 Å². The summed E-state index contributed by atoms with van der Waals surface area (Å²) in [6, 6.07) is 7.17. The molecular formula is C17H23NO2. The largest absolute Gasteiger partial charge is 0.493 e. The summed E-state index contributed by atoms with van der Waals surface area (Å²) in [7, 11) is 2.19. The Morgan fingerprint density at radius 1 is 1.25 bits per heavy atom. The number of ketones is 1. The SMILES string of the molecule is CN(CCc1ccc2c(c1)CCO2)C1CCC(=O)CC1. The van der Waals surface area contributed by atoms with Crippen LogP contribution < -0.4 is 4.74 Å². The van der Waals surface area contributed by atoms with E-state index in [9.17, 15) is 4.79 Å². The molecule has 0 spiro atoms. The van der Waals surface area contributed by atoms with Gasteiger partial charge >= 0.3 is 0 Å². The van der Waals surface area contributed by atoms with Gasteiger partial charge in [-0.25, -0.2) is 0 Å². The first-order valence-electron chi connectivity index (χ1n) is 7.69. The molecular weight excluding hydrogens is 250 g/mol. The molecule has 1 saturated carbocycles. The molecule has 3 heteroatoms. The number of fused-ring (bicyclic) bond motifs is 1. The number of hydrogen-bond donors (Lipinski definition) is 0. The van der Waals surface area contributed by atoms with Crippen molar-refractivity contribution in [3.05, 3.63) is 29.3 Å². The molecule has 0 saturated heterocycles. The summed E-state index contributed by atoms with van der Waals surface area (Å²) in [6.07, 6.45) is 5.73. The first kappa shape index (κ1) is 13.6. The molecule has 1 aromatic rings. The molecule has 0 N–H and O–H groups in total. The lowest BCUT2D eigenvalue weighted by molar-refractivity contribution is -0.121. The van der Waals surface area contributed by atoms with Crippen LogP contribution in [0.25, 0.3) is 0 Å². The van der Waals surface area contributed by atoms with Crippen molar-refractivity contribution in [2.45, 2.75) is 44.6 Å². The number of benzene rings is 1. The number of ether oxygens (including phenoxy) is 1. The van der Waals surface area contributed by atoms with Gasteiger partial charge in [0.25, 0.3) is 0 Å². The molecule has 0 unspecified atom stereocenters. The topological polar surface area (TPSA) is 29.5 Å². The molecule has 1 fully saturated rings.